The zero-order valence-electron chi connectivity index (χ0n) is 9.75. The van der Waals surface area contributed by atoms with Gasteiger partial charge in [-0.15, -0.1) is 0 Å². The highest BCUT2D eigenvalue weighted by Gasteiger charge is 2.28. The minimum atomic E-state index is -4.08. The van der Waals surface area contributed by atoms with Gasteiger partial charge in [0.05, 0.1) is 16.7 Å². The Kier molecular flexibility index (Phi) is 3.87. The summed E-state index contributed by atoms with van der Waals surface area (Å²) in [5.74, 6) is -1.23. The van der Waals surface area contributed by atoms with E-state index < -0.39 is 37.0 Å². The van der Waals surface area contributed by atoms with Gasteiger partial charge >= 0.3 is 0 Å². The number of nitro groups is 1. The summed E-state index contributed by atoms with van der Waals surface area (Å²) in [6.45, 7) is 1.69. The van der Waals surface area contributed by atoms with Crippen LogP contribution in [0.4, 0.5) is 15.8 Å². The fourth-order valence-electron chi connectivity index (χ4n) is 1.30. The molecule has 0 aromatic heterocycles. The van der Waals surface area contributed by atoms with E-state index in [1.165, 1.54) is 7.05 Å². The van der Waals surface area contributed by atoms with Crippen LogP contribution < -0.4 is 5.73 Å². The second-order valence-electron chi connectivity index (χ2n) is 3.52. The van der Waals surface area contributed by atoms with Gasteiger partial charge in [0.25, 0.3) is 5.69 Å². The van der Waals surface area contributed by atoms with Crippen molar-refractivity contribution in [2.45, 2.75) is 11.8 Å². The third-order valence-electron chi connectivity index (χ3n) is 2.38. The zero-order valence-corrected chi connectivity index (χ0v) is 10.6. The van der Waals surface area contributed by atoms with Gasteiger partial charge in [0, 0.05) is 19.7 Å². The summed E-state index contributed by atoms with van der Waals surface area (Å²) < 4.78 is 38.4. The SMILES string of the molecule is CCN(C)S(=O)(=O)c1c(N)cc([N+](=O)[O-])cc1F. The molecule has 0 aliphatic rings. The van der Waals surface area contributed by atoms with Gasteiger partial charge in [0.15, 0.2) is 5.82 Å². The standard InChI is InChI=1S/C9H12FN3O4S/c1-3-12(2)18(16,17)9-7(10)4-6(13(14)15)5-8(9)11/h4-5H,3,11H2,1-2H3. The summed E-state index contributed by atoms with van der Waals surface area (Å²) in [6.07, 6.45) is 0. The third kappa shape index (κ3) is 2.41. The first-order valence-corrected chi connectivity index (χ1v) is 6.35. The lowest BCUT2D eigenvalue weighted by Crippen LogP contribution is -2.28. The van der Waals surface area contributed by atoms with Crippen molar-refractivity contribution in [3.8, 4) is 0 Å². The third-order valence-corrected chi connectivity index (χ3v) is 4.41. The van der Waals surface area contributed by atoms with Crippen molar-refractivity contribution in [2.75, 3.05) is 19.3 Å². The van der Waals surface area contributed by atoms with Crippen molar-refractivity contribution in [3.63, 3.8) is 0 Å². The van der Waals surface area contributed by atoms with Gasteiger partial charge in [-0.1, -0.05) is 6.92 Å². The van der Waals surface area contributed by atoms with E-state index in [1.54, 1.807) is 6.92 Å². The topological polar surface area (TPSA) is 107 Å². The fourth-order valence-corrected chi connectivity index (χ4v) is 2.62. The molecular weight excluding hydrogens is 265 g/mol. The van der Waals surface area contributed by atoms with Gasteiger partial charge in [-0.2, -0.15) is 0 Å². The highest BCUT2D eigenvalue weighted by atomic mass is 32.2. The molecule has 0 saturated heterocycles. The maximum Gasteiger partial charge on any atom is 0.274 e. The fraction of sp³-hybridized carbons (Fsp3) is 0.333. The van der Waals surface area contributed by atoms with Crippen LogP contribution in [0, 0.1) is 15.9 Å². The number of rotatable bonds is 4. The van der Waals surface area contributed by atoms with Crippen molar-refractivity contribution in [3.05, 3.63) is 28.1 Å². The van der Waals surface area contributed by atoms with Crippen LogP contribution in [-0.2, 0) is 10.0 Å². The average Bonchev–Trinajstić information content (AvgIpc) is 2.26. The number of nitrogens with two attached hydrogens (primary N) is 1. The molecule has 1 aromatic carbocycles. The number of anilines is 1. The van der Waals surface area contributed by atoms with Gasteiger partial charge in [0.2, 0.25) is 10.0 Å². The number of nitrogen functional groups attached to an aromatic ring is 1. The van der Waals surface area contributed by atoms with E-state index in [-0.39, 0.29) is 6.54 Å². The van der Waals surface area contributed by atoms with Crippen molar-refractivity contribution in [2.24, 2.45) is 0 Å². The quantitative estimate of drug-likeness (QED) is 0.501. The Morgan fingerprint density at radius 3 is 2.44 bits per heavy atom. The number of hydrogen-bond acceptors (Lipinski definition) is 5. The molecule has 0 heterocycles. The van der Waals surface area contributed by atoms with Gasteiger partial charge in [0.1, 0.15) is 4.90 Å². The lowest BCUT2D eigenvalue weighted by atomic mass is 10.3. The normalized spacial score (nSPS) is 11.8. The predicted octanol–water partition coefficient (Wildman–Crippen LogP) is 0.957. The van der Waals surface area contributed by atoms with E-state index in [9.17, 15) is 22.9 Å². The molecule has 1 aromatic rings. The van der Waals surface area contributed by atoms with Crippen LogP contribution in [-0.4, -0.2) is 31.2 Å². The number of non-ortho nitro benzene ring substituents is 1. The minimum Gasteiger partial charge on any atom is -0.397 e. The molecule has 0 atom stereocenters. The Morgan fingerprint density at radius 1 is 1.50 bits per heavy atom. The number of sulfonamides is 1. The molecule has 18 heavy (non-hydrogen) atoms. The van der Waals surface area contributed by atoms with E-state index in [0.717, 1.165) is 10.4 Å². The molecule has 9 heteroatoms. The summed E-state index contributed by atoms with van der Waals surface area (Å²) in [7, 11) is -2.82. The molecular formula is C9H12FN3O4S. The van der Waals surface area contributed by atoms with E-state index in [2.05, 4.69) is 0 Å². The second-order valence-corrected chi connectivity index (χ2v) is 5.50. The first kappa shape index (κ1) is 14.3. The summed E-state index contributed by atoms with van der Waals surface area (Å²) >= 11 is 0. The van der Waals surface area contributed by atoms with Crippen molar-refractivity contribution >= 4 is 21.4 Å². The van der Waals surface area contributed by atoms with Gasteiger partial charge < -0.3 is 5.73 Å². The molecule has 0 unspecified atom stereocenters. The average molecular weight is 277 g/mol. The molecule has 0 spiro atoms. The molecule has 0 fully saturated rings. The number of nitro benzene ring substituents is 1. The van der Waals surface area contributed by atoms with Crippen LogP contribution in [0.3, 0.4) is 0 Å². The van der Waals surface area contributed by atoms with Crippen molar-refractivity contribution in [1.82, 2.24) is 4.31 Å². The molecule has 0 aliphatic heterocycles. The highest BCUT2D eigenvalue weighted by Crippen LogP contribution is 2.29. The smallest absolute Gasteiger partial charge is 0.274 e. The number of nitrogens with zero attached hydrogens (tertiary/aromatic N) is 2. The Hall–Kier alpha value is -1.74. The zero-order chi connectivity index (χ0) is 14.1. The summed E-state index contributed by atoms with van der Waals surface area (Å²) in [6, 6.07) is 1.35. The Labute approximate surface area is 103 Å². The minimum absolute atomic E-state index is 0.123. The number of halogens is 1. The molecule has 2 N–H and O–H groups in total. The van der Waals surface area contributed by atoms with Gasteiger partial charge in [-0.05, 0) is 0 Å². The van der Waals surface area contributed by atoms with Crippen LogP contribution in [0.1, 0.15) is 6.92 Å². The van der Waals surface area contributed by atoms with Gasteiger partial charge in [-0.3, -0.25) is 10.1 Å². The molecule has 0 radical (unpaired) electrons. The maximum atomic E-state index is 13.7. The van der Waals surface area contributed by atoms with Crippen LogP contribution >= 0.6 is 0 Å². The first-order chi connectivity index (χ1) is 8.21. The van der Waals surface area contributed by atoms with E-state index in [0.29, 0.717) is 6.07 Å². The van der Waals surface area contributed by atoms with Gasteiger partial charge in [-0.25, -0.2) is 17.1 Å². The Morgan fingerprint density at radius 2 is 2.06 bits per heavy atom. The molecule has 1 rings (SSSR count). The Bertz CT molecular complexity index is 564. The van der Waals surface area contributed by atoms with E-state index in [4.69, 9.17) is 5.73 Å². The largest absolute Gasteiger partial charge is 0.397 e. The lowest BCUT2D eigenvalue weighted by Gasteiger charge is -2.16. The Balaban J connectivity index is 3.49. The number of hydrogen-bond donors (Lipinski definition) is 1. The summed E-state index contributed by atoms with van der Waals surface area (Å²) in [4.78, 5) is 8.89. The summed E-state index contributed by atoms with van der Waals surface area (Å²) in [5.41, 5.74) is 4.31. The number of benzene rings is 1. The molecule has 7 nitrogen and oxygen atoms in total. The maximum absolute atomic E-state index is 13.7. The molecule has 0 aliphatic carbocycles. The van der Waals surface area contributed by atoms with E-state index >= 15 is 0 Å². The monoisotopic (exact) mass is 277 g/mol. The highest BCUT2D eigenvalue weighted by molar-refractivity contribution is 7.89. The van der Waals surface area contributed by atoms with Crippen molar-refractivity contribution in [1.29, 1.82) is 0 Å². The predicted molar refractivity (Wildman–Crippen MR) is 63.0 cm³/mol. The van der Waals surface area contributed by atoms with E-state index in [1.807, 2.05) is 0 Å². The molecule has 0 amide bonds. The van der Waals surface area contributed by atoms with Crippen molar-refractivity contribution < 1.29 is 17.7 Å². The second kappa shape index (κ2) is 4.86. The van der Waals surface area contributed by atoms with Crippen LogP contribution in [0.2, 0.25) is 0 Å². The summed E-state index contributed by atoms with van der Waals surface area (Å²) in [5, 5.41) is 10.5. The molecule has 0 saturated carbocycles. The van der Waals surface area contributed by atoms with Crippen LogP contribution in [0.5, 0.6) is 0 Å². The molecule has 100 valence electrons. The van der Waals surface area contributed by atoms with Crippen LogP contribution in [0.15, 0.2) is 17.0 Å². The first-order valence-electron chi connectivity index (χ1n) is 4.91. The molecule has 0 bridgehead atoms. The van der Waals surface area contributed by atoms with Crippen LogP contribution in [0.25, 0.3) is 0 Å². The lowest BCUT2D eigenvalue weighted by molar-refractivity contribution is -0.385.